The molecule has 0 aromatic carbocycles. The molecule has 2 unspecified atom stereocenters. The van der Waals surface area contributed by atoms with E-state index in [-0.39, 0.29) is 6.10 Å². The van der Waals surface area contributed by atoms with E-state index in [1.54, 1.807) is 0 Å². The van der Waals surface area contributed by atoms with Crippen molar-refractivity contribution in [3.8, 4) is 0 Å². The highest BCUT2D eigenvalue weighted by Crippen LogP contribution is 2.17. The lowest BCUT2D eigenvalue weighted by Gasteiger charge is -2.24. The number of aliphatic hydroxyl groups is 1. The van der Waals surface area contributed by atoms with E-state index in [9.17, 15) is 5.11 Å². The van der Waals surface area contributed by atoms with E-state index in [4.69, 9.17) is 0 Å². The van der Waals surface area contributed by atoms with Crippen LogP contribution < -0.4 is 5.32 Å². The molecule has 2 atom stereocenters. The van der Waals surface area contributed by atoms with Gasteiger partial charge in [-0.2, -0.15) is 0 Å². The molecule has 2 heteroatoms. The number of likely N-dealkylation sites (N-methyl/N-ethyl adjacent to an activating group) is 1. The molecule has 0 aliphatic heterocycles. The van der Waals surface area contributed by atoms with Crippen molar-refractivity contribution in [3.63, 3.8) is 0 Å². The molecular weight excluding hydrogens is 138 g/mol. The summed E-state index contributed by atoms with van der Waals surface area (Å²) in [6, 6.07) is 0.343. The minimum Gasteiger partial charge on any atom is -0.392 e. The fraction of sp³-hybridized carbons (Fsp3) is 1.00. The highest BCUT2D eigenvalue weighted by atomic mass is 16.3. The summed E-state index contributed by atoms with van der Waals surface area (Å²) >= 11 is 0. The van der Waals surface area contributed by atoms with Gasteiger partial charge in [0.2, 0.25) is 0 Å². The summed E-state index contributed by atoms with van der Waals surface area (Å²) in [4.78, 5) is 0. The van der Waals surface area contributed by atoms with Gasteiger partial charge in [0.15, 0.2) is 0 Å². The van der Waals surface area contributed by atoms with E-state index < -0.39 is 0 Å². The summed E-state index contributed by atoms with van der Waals surface area (Å²) < 4.78 is 0. The Morgan fingerprint density at radius 3 is 2.36 bits per heavy atom. The predicted molar refractivity (Wildman–Crippen MR) is 46.6 cm³/mol. The standard InChI is InChI=1S/C9H19NO/c1-10-8-6-4-2-3-5-7-9(8)11/h8-11H,2-7H2,1H3. The molecule has 2 N–H and O–H groups in total. The summed E-state index contributed by atoms with van der Waals surface area (Å²) in [6.45, 7) is 0. The molecule has 11 heavy (non-hydrogen) atoms. The van der Waals surface area contributed by atoms with Crippen molar-refractivity contribution in [2.24, 2.45) is 0 Å². The van der Waals surface area contributed by atoms with E-state index in [1.807, 2.05) is 7.05 Å². The third-order valence-electron chi connectivity index (χ3n) is 2.60. The minimum absolute atomic E-state index is 0.111. The van der Waals surface area contributed by atoms with E-state index in [0.29, 0.717) is 6.04 Å². The second kappa shape index (κ2) is 4.73. The van der Waals surface area contributed by atoms with Crippen LogP contribution in [-0.2, 0) is 0 Å². The lowest BCUT2D eigenvalue weighted by molar-refractivity contribution is 0.107. The van der Waals surface area contributed by atoms with Gasteiger partial charge in [0.25, 0.3) is 0 Å². The average molecular weight is 157 g/mol. The van der Waals surface area contributed by atoms with Gasteiger partial charge in [0, 0.05) is 6.04 Å². The third kappa shape index (κ3) is 2.80. The van der Waals surface area contributed by atoms with Crippen molar-refractivity contribution in [2.75, 3.05) is 7.05 Å². The van der Waals surface area contributed by atoms with Crippen LogP contribution in [0.2, 0.25) is 0 Å². The lowest BCUT2D eigenvalue weighted by Crippen LogP contribution is -2.38. The van der Waals surface area contributed by atoms with Crippen molar-refractivity contribution in [1.82, 2.24) is 5.32 Å². The Morgan fingerprint density at radius 1 is 1.09 bits per heavy atom. The summed E-state index contributed by atoms with van der Waals surface area (Å²) in [7, 11) is 1.94. The molecule has 0 heterocycles. The zero-order chi connectivity index (χ0) is 8.10. The van der Waals surface area contributed by atoms with Crippen LogP contribution >= 0.6 is 0 Å². The molecule has 0 amide bonds. The quantitative estimate of drug-likeness (QED) is 0.601. The molecule has 1 saturated carbocycles. The summed E-state index contributed by atoms with van der Waals surface area (Å²) in [6.07, 6.45) is 7.10. The van der Waals surface area contributed by atoms with Crippen molar-refractivity contribution < 1.29 is 5.11 Å². The van der Waals surface area contributed by atoms with Crippen LogP contribution in [0.3, 0.4) is 0 Å². The Morgan fingerprint density at radius 2 is 1.73 bits per heavy atom. The molecule has 0 radical (unpaired) electrons. The molecule has 0 bridgehead atoms. The topological polar surface area (TPSA) is 32.3 Å². The zero-order valence-electron chi connectivity index (χ0n) is 7.34. The number of rotatable bonds is 1. The molecule has 0 saturated heterocycles. The van der Waals surface area contributed by atoms with Crippen molar-refractivity contribution in [3.05, 3.63) is 0 Å². The monoisotopic (exact) mass is 157 g/mol. The maximum absolute atomic E-state index is 9.61. The van der Waals surface area contributed by atoms with Crippen molar-refractivity contribution in [2.45, 2.75) is 50.7 Å². The molecular formula is C9H19NO. The smallest absolute Gasteiger partial charge is 0.0693 e. The normalized spacial score (nSPS) is 34.4. The fourth-order valence-electron chi connectivity index (χ4n) is 1.80. The molecule has 66 valence electrons. The molecule has 1 rings (SSSR count). The Labute approximate surface area is 69.0 Å². The third-order valence-corrected chi connectivity index (χ3v) is 2.60. The van der Waals surface area contributed by atoms with Crippen LogP contribution in [0.1, 0.15) is 38.5 Å². The van der Waals surface area contributed by atoms with Gasteiger partial charge in [0.1, 0.15) is 0 Å². The first-order valence-corrected chi connectivity index (χ1v) is 4.70. The second-order valence-electron chi connectivity index (χ2n) is 3.45. The SMILES string of the molecule is CNC1CCCCCCC1O. The summed E-state index contributed by atoms with van der Waals surface area (Å²) in [5.74, 6) is 0. The van der Waals surface area contributed by atoms with Crippen LogP contribution in [0.25, 0.3) is 0 Å². The first-order chi connectivity index (χ1) is 5.34. The molecule has 0 aromatic heterocycles. The first kappa shape index (κ1) is 9.01. The minimum atomic E-state index is -0.111. The Bertz CT molecular complexity index is 106. The second-order valence-corrected chi connectivity index (χ2v) is 3.45. The number of aliphatic hydroxyl groups excluding tert-OH is 1. The Balaban J connectivity index is 2.33. The first-order valence-electron chi connectivity index (χ1n) is 4.70. The van der Waals surface area contributed by atoms with E-state index >= 15 is 0 Å². The van der Waals surface area contributed by atoms with E-state index in [0.717, 1.165) is 12.8 Å². The largest absolute Gasteiger partial charge is 0.392 e. The lowest BCUT2D eigenvalue weighted by atomic mass is 9.94. The van der Waals surface area contributed by atoms with Gasteiger partial charge in [-0.05, 0) is 19.9 Å². The van der Waals surface area contributed by atoms with E-state index in [1.165, 1.54) is 25.7 Å². The van der Waals surface area contributed by atoms with Gasteiger partial charge in [-0.25, -0.2) is 0 Å². The molecule has 1 aliphatic carbocycles. The number of hydrogen-bond acceptors (Lipinski definition) is 2. The molecule has 0 aromatic rings. The van der Waals surface area contributed by atoms with Gasteiger partial charge >= 0.3 is 0 Å². The summed E-state index contributed by atoms with van der Waals surface area (Å²) in [5, 5.41) is 12.8. The van der Waals surface area contributed by atoms with E-state index in [2.05, 4.69) is 5.32 Å². The van der Waals surface area contributed by atoms with Gasteiger partial charge in [-0.1, -0.05) is 25.7 Å². The Hall–Kier alpha value is -0.0800. The molecule has 1 fully saturated rings. The van der Waals surface area contributed by atoms with Gasteiger partial charge < -0.3 is 10.4 Å². The predicted octanol–water partition coefficient (Wildman–Crippen LogP) is 1.29. The molecule has 0 spiro atoms. The zero-order valence-corrected chi connectivity index (χ0v) is 7.34. The Kier molecular flexibility index (Phi) is 3.87. The van der Waals surface area contributed by atoms with Crippen LogP contribution in [0.4, 0.5) is 0 Å². The van der Waals surface area contributed by atoms with Crippen molar-refractivity contribution in [1.29, 1.82) is 0 Å². The van der Waals surface area contributed by atoms with Crippen LogP contribution in [0, 0.1) is 0 Å². The fourth-order valence-corrected chi connectivity index (χ4v) is 1.80. The van der Waals surface area contributed by atoms with Crippen molar-refractivity contribution >= 4 is 0 Å². The highest BCUT2D eigenvalue weighted by Gasteiger charge is 2.17. The van der Waals surface area contributed by atoms with Crippen LogP contribution in [0.5, 0.6) is 0 Å². The van der Waals surface area contributed by atoms with Gasteiger partial charge in [-0.15, -0.1) is 0 Å². The average Bonchev–Trinajstić information content (AvgIpc) is 1.98. The molecule has 1 aliphatic rings. The van der Waals surface area contributed by atoms with Crippen LogP contribution in [-0.4, -0.2) is 24.3 Å². The maximum atomic E-state index is 9.61. The number of hydrogen-bond donors (Lipinski definition) is 2. The maximum Gasteiger partial charge on any atom is 0.0693 e. The van der Waals surface area contributed by atoms with Gasteiger partial charge in [0.05, 0.1) is 6.10 Å². The van der Waals surface area contributed by atoms with Gasteiger partial charge in [-0.3, -0.25) is 0 Å². The highest BCUT2D eigenvalue weighted by molar-refractivity contribution is 4.76. The number of nitrogens with one attached hydrogen (secondary N) is 1. The summed E-state index contributed by atoms with van der Waals surface area (Å²) in [5.41, 5.74) is 0. The molecule has 2 nitrogen and oxygen atoms in total. The van der Waals surface area contributed by atoms with Crippen LogP contribution in [0.15, 0.2) is 0 Å².